The summed E-state index contributed by atoms with van der Waals surface area (Å²) in [6.45, 7) is 4.96. The Labute approximate surface area is 142 Å². The van der Waals surface area contributed by atoms with E-state index in [1.165, 1.54) is 16.7 Å². The quantitative estimate of drug-likeness (QED) is 0.503. The van der Waals surface area contributed by atoms with Gasteiger partial charge >= 0.3 is 6.33 Å². The molecule has 4 rings (SSSR count). The zero-order chi connectivity index (χ0) is 17.2. The summed E-state index contributed by atoms with van der Waals surface area (Å²) in [7, 11) is 0. The van der Waals surface area contributed by atoms with E-state index in [0.29, 0.717) is 4.91 Å². The molecule has 128 valence electrons. The van der Waals surface area contributed by atoms with Gasteiger partial charge in [-0.1, -0.05) is 6.92 Å². The van der Waals surface area contributed by atoms with Crippen molar-refractivity contribution in [2.45, 2.75) is 44.3 Å². The van der Waals surface area contributed by atoms with Crippen LogP contribution in [0.2, 0.25) is 0 Å². The number of hydrogen-bond donors (Lipinski definition) is 1. The lowest BCUT2D eigenvalue weighted by Crippen LogP contribution is -2.64. The van der Waals surface area contributed by atoms with E-state index >= 15 is 0 Å². The van der Waals surface area contributed by atoms with Crippen LogP contribution >= 0.6 is 11.8 Å². The molecule has 0 spiro atoms. The largest absolute Gasteiger partial charge is 0.543 e. The van der Waals surface area contributed by atoms with Crippen LogP contribution in [0.15, 0.2) is 23.3 Å². The smallest absolute Gasteiger partial charge is 0.306 e. The van der Waals surface area contributed by atoms with Crippen LogP contribution in [0, 0.1) is 11.8 Å². The van der Waals surface area contributed by atoms with Crippen molar-refractivity contribution in [3.8, 4) is 0 Å². The Bertz CT molecular complexity index is 738. The Morgan fingerprint density at radius 1 is 1.58 bits per heavy atom. The number of aliphatic hydroxyl groups is 1. The molecule has 0 bridgehead atoms. The molecule has 3 aliphatic rings. The van der Waals surface area contributed by atoms with E-state index in [1.54, 1.807) is 19.6 Å². The van der Waals surface area contributed by atoms with Crippen LogP contribution in [-0.2, 0) is 22.7 Å². The second kappa shape index (κ2) is 5.32. The van der Waals surface area contributed by atoms with Crippen molar-refractivity contribution >= 4 is 23.6 Å². The summed E-state index contributed by atoms with van der Waals surface area (Å²) in [6.07, 6.45) is 2.70. The molecule has 1 N–H and O–H groups in total. The molecule has 0 aliphatic carbocycles. The number of carbonyl (C=O) groups is 2. The van der Waals surface area contributed by atoms with Crippen molar-refractivity contribution in [1.82, 2.24) is 14.6 Å². The number of aliphatic hydroxyl groups excluding tert-OH is 1. The zero-order valence-corrected chi connectivity index (χ0v) is 14.1. The second-order valence-corrected chi connectivity index (χ2v) is 7.96. The highest BCUT2D eigenvalue weighted by molar-refractivity contribution is 8.03. The Morgan fingerprint density at radius 2 is 2.33 bits per heavy atom. The maximum absolute atomic E-state index is 12.3. The van der Waals surface area contributed by atoms with Gasteiger partial charge in [0.25, 0.3) is 0 Å². The molecule has 4 atom stereocenters. The number of β-lactam (4-membered cyclic amide) rings is 1. The van der Waals surface area contributed by atoms with Crippen LogP contribution in [0.1, 0.15) is 13.8 Å². The van der Waals surface area contributed by atoms with Crippen LogP contribution in [0.25, 0.3) is 0 Å². The number of nitrogens with zero attached hydrogens (tertiary/aromatic N) is 4. The molecule has 0 radical (unpaired) electrons. The van der Waals surface area contributed by atoms with E-state index in [4.69, 9.17) is 0 Å². The predicted octanol–water partition coefficient (Wildman–Crippen LogP) is -1.89. The van der Waals surface area contributed by atoms with E-state index in [-0.39, 0.29) is 28.8 Å². The van der Waals surface area contributed by atoms with Gasteiger partial charge in [-0.15, -0.1) is 11.8 Å². The zero-order valence-electron chi connectivity index (χ0n) is 13.3. The molecular weight excluding hydrogens is 332 g/mol. The van der Waals surface area contributed by atoms with Crippen LogP contribution in [-0.4, -0.2) is 48.9 Å². The molecule has 1 aromatic rings. The number of rotatable bonds is 4. The molecule has 9 heteroatoms. The van der Waals surface area contributed by atoms with Gasteiger partial charge in [0.05, 0.1) is 41.5 Å². The first-order valence-electron chi connectivity index (χ1n) is 7.93. The monoisotopic (exact) mass is 350 g/mol. The van der Waals surface area contributed by atoms with Crippen LogP contribution in [0.5, 0.6) is 0 Å². The summed E-state index contributed by atoms with van der Waals surface area (Å²) < 4.78 is 3.96. The lowest BCUT2D eigenvalue weighted by Gasteiger charge is -2.47. The minimum Gasteiger partial charge on any atom is -0.543 e. The van der Waals surface area contributed by atoms with Gasteiger partial charge < -0.3 is 19.9 Å². The SMILES string of the molecule is C[C@@H]1C(SC2Cn3cnc[n+]3C2)=C(C(=O)[O-])N2C(=O)[C@@H]([C@@H](C)O)[C@H]12. The third-order valence-electron chi connectivity index (χ3n) is 5.11. The molecule has 0 unspecified atom stereocenters. The van der Waals surface area contributed by atoms with Gasteiger partial charge in [0.1, 0.15) is 6.54 Å². The Kier molecular flexibility index (Phi) is 3.47. The Hall–Kier alpha value is -1.87. The molecule has 24 heavy (non-hydrogen) atoms. The molecule has 4 heterocycles. The minimum atomic E-state index is -1.32. The fourth-order valence-electron chi connectivity index (χ4n) is 4.02. The molecule has 0 aromatic carbocycles. The standard InChI is InChI=1S/C15H18N4O4S/c1-7-11-10(8(2)20)14(21)19(11)12(15(22)23)13(7)24-9-3-17-5-16-6-18(17)4-9/h5-11,20H,3-4H2,1-2H3/t7-,8+,10-,11-/m0/s1. The predicted molar refractivity (Wildman–Crippen MR) is 80.8 cm³/mol. The maximum atomic E-state index is 12.3. The Morgan fingerprint density at radius 3 is 2.96 bits per heavy atom. The van der Waals surface area contributed by atoms with Gasteiger partial charge in [0.2, 0.25) is 12.2 Å². The van der Waals surface area contributed by atoms with E-state index in [1.807, 2.05) is 16.3 Å². The third-order valence-corrected chi connectivity index (χ3v) is 6.56. The molecular formula is C15H18N4O4S. The van der Waals surface area contributed by atoms with Crippen LogP contribution in [0.3, 0.4) is 0 Å². The van der Waals surface area contributed by atoms with Gasteiger partial charge in [-0.25, -0.2) is 0 Å². The molecule has 1 aromatic heterocycles. The normalized spacial score (nSPS) is 32.6. The fourth-order valence-corrected chi connectivity index (χ4v) is 5.48. The van der Waals surface area contributed by atoms with E-state index < -0.39 is 18.0 Å². The van der Waals surface area contributed by atoms with E-state index in [0.717, 1.165) is 13.1 Å². The van der Waals surface area contributed by atoms with E-state index in [9.17, 15) is 19.8 Å². The first-order valence-corrected chi connectivity index (χ1v) is 8.81. The van der Waals surface area contributed by atoms with Crippen molar-refractivity contribution in [3.05, 3.63) is 23.3 Å². The highest BCUT2D eigenvalue weighted by Crippen LogP contribution is 2.51. The highest BCUT2D eigenvalue weighted by atomic mass is 32.2. The first kappa shape index (κ1) is 15.6. The molecule has 8 nitrogen and oxygen atoms in total. The van der Waals surface area contributed by atoms with Gasteiger partial charge in [-0.05, 0) is 11.9 Å². The van der Waals surface area contributed by atoms with Gasteiger partial charge in [0.15, 0.2) is 0 Å². The van der Waals surface area contributed by atoms with Crippen molar-refractivity contribution in [3.63, 3.8) is 0 Å². The van der Waals surface area contributed by atoms with Crippen LogP contribution < -0.4 is 9.79 Å². The molecule has 1 fully saturated rings. The van der Waals surface area contributed by atoms with Gasteiger partial charge in [-0.2, -0.15) is 9.36 Å². The Balaban J connectivity index is 1.61. The lowest BCUT2D eigenvalue weighted by atomic mass is 9.79. The summed E-state index contributed by atoms with van der Waals surface area (Å²) in [6, 6.07) is -0.289. The number of hydrogen-bond acceptors (Lipinski definition) is 6. The number of aliphatic carboxylic acids is 1. The third kappa shape index (κ3) is 2.04. The summed E-state index contributed by atoms with van der Waals surface area (Å²) in [5.41, 5.74) is -0.0147. The van der Waals surface area contributed by atoms with Crippen molar-refractivity contribution in [2.24, 2.45) is 11.8 Å². The minimum absolute atomic E-state index is 0.0147. The number of carboxylic acids is 1. The number of carbonyl (C=O) groups excluding carboxylic acids is 2. The van der Waals surface area contributed by atoms with E-state index in [2.05, 4.69) is 4.98 Å². The van der Waals surface area contributed by atoms with Crippen LogP contribution in [0.4, 0.5) is 0 Å². The molecule has 0 saturated carbocycles. The average molecular weight is 350 g/mol. The second-order valence-electron chi connectivity index (χ2n) is 6.62. The summed E-state index contributed by atoms with van der Waals surface area (Å²) in [5, 5.41) is 21.7. The number of amides is 1. The summed E-state index contributed by atoms with van der Waals surface area (Å²) in [5.74, 6) is -2.31. The number of thioether (sulfide) groups is 1. The average Bonchev–Trinajstić information content (AvgIpc) is 3.12. The summed E-state index contributed by atoms with van der Waals surface area (Å²) in [4.78, 5) is 30.0. The van der Waals surface area contributed by atoms with Crippen molar-refractivity contribution in [1.29, 1.82) is 0 Å². The number of fused-ring (bicyclic) bond motifs is 2. The first-order chi connectivity index (χ1) is 11.4. The fraction of sp³-hybridized carbons (Fsp3) is 0.600. The van der Waals surface area contributed by atoms with Crippen molar-refractivity contribution in [2.75, 3.05) is 0 Å². The van der Waals surface area contributed by atoms with Gasteiger partial charge in [0, 0.05) is 10.8 Å². The van der Waals surface area contributed by atoms with Crippen molar-refractivity contribution < 1.29 is 24.5 Å². The summed E-state index contributed by atoms with van der Waals surface area (Å²) >= 11 is 1.50. The topological polar surface area (TPSA) is 102 Å². The highest BCUT2D eigenvalue weighted by Gasteiger charge is 2.59. The lowest BCUT2D eigenvalue weighted by molar-refractivity contribution is -0.758. The number of carboxylic acid groups (broad SMARTS) is 1. The maximum Gasteiger partial charge on any atom is 0.306 e. The molecule has 1 amide bonds. The molecule has 3 aliphatic heterocycles. The molecule has 1 saturated heterocycles. The number of aromatic nitrogens is 3. The van der Waals surface area contributed by atoms with Gasteiger partial charge in [-0.3, -0.25) is 4.79 Å².